The van der Waals surface area contributed by atoms with Crippen LogP contribution in [0.4, 0.5) is 0 Å². The first-order valence-electron chi connectivity index (χ1n) is 5.01. The summed E-state index contributed by atoms with van der Waals surface area (Å²) in [4.78, 5) is 0. The molecule has 3 N–H and O–H groups in total. The molecule has 0 spiro atoms. The Kier molecular flexibility index (Phi) is 11.8. The van der Waals surface area contributed by atoms with Crippen LogP contribution in [0.2, 0.25) is 0 Å². The van der Waals surface area contributed by atoms with Gasteiger partial charge in [-0.2, -0.15) is 0 Å². The standard InChI is InChI=1S/C7H17NO2.C3H8/c1-5(2)7(10)6(9)4-8-3;1-3-2/h5-10H,4H2,1-3H3;3H2,1-2H3. The fourth-order valence-corrected chi connectivity index (χ4v) is 0.774. The number of rotatable bonds is 4. The second-order valence-corrected chi connectivity index (χ2v) is 3.57. The highest BCUT2D eigenvalue weighted by Crippen LogP contribution is 2.04. The van der Waals surface area contributed by atoms with Crippen molar-refractivity contribution in [3.05, 3.63) is 0 Å². The van der Waals surface area contributed by atoms with Gasteiger partial charge in [0.1, 0.15) is 0 Å². The highest BCUT2D eigenvalue weighted by atomic mass is 16.3. The third-order valence-corrected chi connectivity index (χ3v) is 1.49. The molecule has 0 rings (SSSR count). The molecule has 13 heavy (non-hydrogen) atoms. The summed E-state index contributed by atoms with van der Waals surface area (Å²) < 4.78 is 0. The molecule has 0 aromatic rings. The summed E-state index contributed by atoms with van der Waals surface area (Å²) in [7, 11) is 1.75. The molecule has 0 aliphatic rings. The first-order chi connectivity index (χ1) is 6.01. The molecule has 0 bridgehead atoms. The SMILES string of the molecule is CCC.CNCC(O)C(O)C(C)C. The number of hydrogen-bond acceptors (Lipinski definition) is 3. The zero-order valence-electron chi connectivity index (χ0n) is 9.54. The summed E-state index contributed by atoms with van der Waals surface area (Å²) in [6.45, 7) is 8.45. The Labute approximate surface area is 82.2 Å². The maximum Gasteiger partial charge on any atom is 0.0925 e. The van der Waals surface area contributed by atoms with Gasteiger partial charge in [-0.25, -0.2) is 0 Å². The number of hydrogen-bond donors (Lipinski definition) is 3. The third-order valence-electron chi connectivity index (χ3n) is 1.49. The van der Waals surface area contributed by atoms with Crippen LogP contribution >= 0.6 is 0 Å². The molecule has 0 aliphatic heterocycles. The summed E-state index contributed by atoms with van der Waals surface area (Å²) in [5.74, 6) is 0.114. The lowest BCUT2D eigenvalue weighted by molar-refractivity contribution is -0.00600. The molecule has 2 atom stereocenters. The minimum atomic E-state index is -0.648. The van der Waals surface area contributed by atoms with E-state index < -0.39 is 12.2 Å². The monoisotopic (exact) mass is 191 g/mol. The summed E-state index contributed by atoms with van der Waals surface area (Å²) in [6, 6.07) is 0. The van der Waals surface area contributed by atoms with Crippen LogP contribution in [0, 0.1) is 5.92 Å². The van der Waals surface area contributed by atoms with Crippen molar-refractivity contribution in [2.75, 3.05) is 13.6 Å². The Balaban J connectivity index is 0. The number of aliphatic hydroxyl groups is 2. The quantitative estimate of drug-likeness (QED) is 0.621. The molecule has 0 aromatic carbocycles. The van der Waals surface area contributed by atoms with E-state index in [2.05, 4.69) is 19.2 Å². The molecule has 0 radical (unpaired) electrons. The van der Waals surface area contributed by atoms with Crippen LogP contribution in [0.1, 0.15) is 34.1 Å². The Bertz CT molecular complexity index is 96.9. The van der Waals surface area contributed by atoms with Crippen molar-refractivity contribution in [3.63, 3.8) is 0 Å². The van der Waals surface area contributed by atoms with Crippen molar-refractivity contribution in [1.29, 1.82) is 0 Å². The maximum atomic E-state index is 9.24. The molecule has 0 aliphatic carbocycles. The molecule has 3 heteroatoms. The average molecular weight is 191 g/mol. The first kappa shape index (κ1) is 15.4. The summed E-state index contributed by atoms with van der Waals surface area (Å²) in [5.41, 5.74) is 0. The molecule has 0 heterocycles. The van der Waals surface area contributed by atoms with E-state index in [1.807, 2.05) is 13.8 Å². The van der Waals surface area contributed by atoms with Crippen molar-refractivity contribution < 1.29 is 10.2 Å². The van der Waals surface area contributed by atoms with Crippen LogP contribution in [0.5, 0.6) is 0 Å². The molecule has 0 aromatic heterocycles. The second kappa shape index (κ2) is 9.96. The zero-order valence-corrected chi connectivity index (χ0v) is 9.54. The van der Waals surface area contributed by atoms with Gasteiger partial charge in [0.25, 0.3) is 0 Å². The van der Waals surface area contributed by atoms with Crippen molar-refractivity contribution in [2.24, 2.45) is 5.92 Å². The van der Waals surface area contributed by atoms with Crippen molar-refractivity contribution >= 4 is 0 Å². The minimum absolute atomic E-state index is 0.114. The van der Waals surface area contributed by atoms with Gasteiger partial charge >= 0.3 is 0 Å². The highest BCUT2D eigenvalue weighted by Gasteiger charge is 2.18. The van der Waals surface area contributed by atoms with Gasteiger partial charge in [0.05, 0.1) is 12.2 Å². The lowest BCUT2D eigenvalue weighted by Gasteiger charge is -2.20. The fraction of sp³-hybridized carbons (Fsp3) is 1.00. The topological polar surface area (TPSA) is 52.5 Å². The largest absolute Gasteiger partial charge is 0.390 e. The molecule has 0 amide bonds. The van der Waals surface area contributed by atoms with Crippen molar-refractivity contribution in [1.82, 2.24) is 5.32 Å². The fourth-order valence-electron chi connectivity index (χ4n) is 0.774. The van der Waals surface area contributed by atoms with E-state index in [9.17, 15) is 10.2 Å². The molecule has 3 nitrogen and oxygen atoms in total. The molecule has 82 valence electrons. The smallest absolute Gasteiger partial charge is 0.0925 e. The Morgan fingerprint density at radius 2 is 1.54 bits per heavy atom. The van der Waals surface area contributed by atoms with Gasteiger partial charge in [-0.1, -0.05) is 34.1 Å². The Hall–Kier alpha value is -0.120. The van der Waals surface area contributed by atoms with E-state index in [1.165, 1.54) is 6.42 Å². The first-order valence-corrected chi connectivity index (χ1v) is 5.01. The van der Waals surface area contributed by atoms with E-state index in [-0.39, 0.29) is 5.92 Å². The van der Waals surface area contributed by atoms with Crippen molar-refractivity contribution in [3.8, 4) is 0 Å². The second-order valence-electron chi connectivity index (χ2n) is 3.57. The van der Waals surface area contributed by atoms with E-state index in [0.717, 1.165) is 0 Å². The van der Waals surface area contributed by atoms with Gasteiger partial charge in [0.15, 0.2) is 0 Å². The van der Waals surface area contributed by atoms with Crippen molar-refractivity contribution in [2.45, 2.75) is 46.3 Å². The van der Waals surface area contributed by atoms with Gasteiger partial charge < -0.3 is 15.5 Å². The maximum absolute atomic E-state index is 9.24. The third kappa shape index (κ3) is 9.80. The molecular weight excluding hydrogens is 166 g/mol. The summed E-state index contributed by atoms with van der Waals surface area (Å²) >= 11 is 0. The highest BCUT2D eigenvalue weighted by molar-refractivity contribution is 4.71. The zero-order chi connectivity index (χ0) is 10.9. The van der Waals surface area contributed by atoms with Crippen LogP contribution in [-0.4, -0.2) is 36.0 Å². The molecular formula is C10H25NO2. The van der Waals surface area contributed by atoms with Gasteiger partial charge in [0, 0.05) is 6.54 Å². The van der Waals surface area contributed by atoms with Gasteiger partial charge in [-0.05, 0) is 13.0 Å². The summed E-state index contributed by atoms with van der Waals surface area (Å²) in [6.07, 6.45) is -0.0163. The molecule has 0 saturated carbocycles. The van der Waals surface area contributed by atoms with E-state index in [1.54, 1.807) is 7.05 Å². The van der Waals surface area contributed by atoms with Crippen LogP contribution in [0.3, 0.4) is 0 Å². The van der Waals surface area contributed by atoms with Gasteiger partial charge in [0.2, 0.25) is 0 Å². The van der Waals surface area contributed by atoms with Gasteiger partial charge in [-0.15, -0.1) is 0 Å². The van der Waals surface area contributed by atoms with E-state index in [4.69, 9.17) is 0 Å². The Morgan fingerprint density at radius 3 is 1.77 bits per heavy atom. The van der Waals surface area contributed by atoms with E-state index in [0.29, 0.717) is 6.54 Å². The summed E-state index contributed by atoms with van der Waals surface area (Å²) in [5, 5.41) is 21.2. The lowest BCUT2D eigenvalue weighted by atomic mass is 10.0. The van der Waals surface area contributed by atoms with Gasteiger partial charge in [-0.3, -0.25) is 0 Å². The number of nitrogens with one attached hydrogen (secondary N) is 1. The molecule has 2 unspecified atom stereocenters. The lowest BCUT2D eigenvalue weighted by Crippen LogP contribution is -2.37. The van der Waals surface area contributed by atoms with Crippen LogP contribution in [0.25, 0.3) is 0 Å². The predicted molar refractivity (Wildman–Crippen MR) is 56.7 cm³/mol. The van der Waals surface area contributed by atoms with E-state index >= 15 is 0 Å². The van der Waals surface area contributed by atoms with Crippen LogP contribution in [0.15, 0.2) is 0 Å². The predicted octanol–water partition coefficient (Wildman–Crippen LogP) is 1.000. The van der Waals surface area contributed by atoms with Crippen LogP contribution in [-0.2, 0) is 0 Å². The molecule has 0 saturated heterocycles. The number of likely N-dealkylation sites (N-methyl/N-ethyl adjacent to an activating group) is 1. The Morgan fingerprint density at radius 1 is 1.15 bits per heavy atom. The van der Waals surface area contributed by atoms with Crippen LogP contribution < -0.4 is 5.32 Å². The minimum Gasteiger partial charge on any atom is -0.390 e. The normalized spacial score (nSPS) is 14.8. The molecule has 0 fully saturated rings. The number of aliphatic hydroxyl groups excluding tert-OH is 2. The average Bonchev–Trinajstić information content (AvgIpc) is 2.04.